The zero-order chi connectivity index (χ0) is 20.4. The molecule has 1 fully saturated rings. The van der Waals surface area contributed by atoms with E-state index in [2.05, 4.69) is 15.2 Å². The Kier molecular flexibility index (Phi) is 12.3. The molecule has 0 aliphatic carbocycles. The third kappa shape index (κ3) is 8.96. The average molecular weight is 539 g/mol. The number of carbonyl (C=O) groups is 1. The van der Waals surface area contributed by atoms with Crippen molar-refractivity contribution in [3.8, 4) is 5.75 Å². The molecule has 7 nitrogen and oxygen atoms in total. The summed E-state index contributed by atoms with van der Waals surface area (Å²) in [4.78, 5) is 20.1. The first-order valence-corrected chi connectivity index (χ1v) is 10.1. The molecule has 1 aliphatic heterocycles. The molecule has 0 radical (unpaired) electrons. The summed E-state index contributed by atoms with van der Waals surface area (Å²) in [5, 5.41) is 3.97. The number of nitrogens with zero attached hydrogens (tertiary/aromatic N) is 3. The number of carbonyl (C=O) groups excluding carboxylic acids is 1. The summed E-state index contributed by atoms with van der Waals surface area (Å²) >= 11 is 6.20. The maximum atomic E-state index is 11.9. The van der Waals surface area contributed by atoms with E-state index in [0.717, 1.165) is 31.9 Å². The van der Waals surface area contributed by atoms with Gasteiger partial charge in [-0.1, -0.05) is 23.7 Å². The highest BCUT2D eigenvalue weighted by molar-refractivity contribution is 14.0. The fourth-order valence-electron chi connectivity index (χ4n) is 2.81. The van der Waals surface area contributed by atoms with Gasteiger partial charge < -0.3 is 24.6 Å². The Morgan fingerprint density at radius 2 is 2.14 bits per heavy atom. The standard InChI is InChI=1S/C20H31ClN4O3.HI/c1-4-27-13-7-11-22-20(23-14-19(26)24(2)3)25-12-10-16(15-25)28-18-9-6-5-8-17(18)21;/h5-6,8-9,16H,4,7,10-15H2,1-3H3,(H,22,23);1H. The summed E-state index contributed by atoms with van der Waals surface area (Å²) in [5.41, 5.74) is 0. The predicted octanol–water partition coefficient (Wildman–Crippen LogP) is 2.87. The molecule has 164 valence electrons. The van der Waals surface area contributed by atoms with E-state index in [4.69, 9.17) is 21.1 Å². The summed E-state index contributed by atoms with van der Waals surface area (Å²) in [6.07, 6.45) is 1.77. The molecule has 1 aromatic carbocycles. The minimum Gasteiger partial charge on any atom is -0.487 e. The quantitative estimate of drug-likeness (QED) is 0.227. The highest BCUT2D eigenvalue weighted by atomic mass is 127. The minimum atomic E-state index is -0.0309. The second-order valence-corrected chi connectivity index (χ2v) is 7.22. The third-order valence-electron chi connectivity index (χ3n) is 4.39. The van der Waals surface area contributed by atoms with E-state index >= 15 is 0 Å². The number of likely N-dealkylation sites (N-methyl/N-ethyl adjacent to an activating group) is 1. The van der Waals surface area contributed by atoms with Crippen molar-refractivity contribution in [1.29, 1.82) is 0 Å². The van der Waals surface area contributed by atoms with Crippen LogP contribution in [-0.2, 0) is 9.53 Å². The van der Waals surface area contributed by atoms with Crippen molar-refractivity contribution in [3.63, 3.8) is 0 Å². The van der Waals surface area contributed by atoms with Gasteiger partial charge in [-0.25, -0.2) is 4.99 Å². The lowest BCUT2D eigenvalue weighted by Crippen LogP contribution is -2.42. The van der Waals surface area contributed by atoms with Crippen molar-refractivity contribution in [2.75, 3.05) is 53.5 Å². The SMILES string of the molecule is CCOCCCNC(=NCC(=O)N(C)C)N1CCC(Oc2ccccc2Cl)C1.I. The molecule has 0 saturated carbocycles. The molecule has 1 aromatic rings. The van der Waals surface area contributed by atoms with Crippen molar-refractivity contribution in [1.82, 2.24) is 15.1 Å². The zero-order valence-electron chi connectivity index (χ0n) is 17.4. The van der Waals surface area contributed by atoms with Gasteiger partial charge in [0.15, 0.2) is 5.96 Å². The van der Waals surface area contributed by atoms with Gasteiger partial charge in [-0.15, -0.1) is 24.0 Å². The Balaban J connectivity index is 0.00000420. The summed E-state index contributed by atoms with van der Waals surface area (Å²) in [6.45, 7) is 5.75. The van der Waals surface area contributed by atoms with Crippen LogP contribution in [0.15, 0.2) is 29.3 Å². The number of halogens is 2. The van der Waals surface area contributed by atoms with Gasteiger partial charge in [0.1, 0.15) is 18.4 Å². The van der Waals surface area contributed by atoms with Gasteiger partial charge in [0.05, 0.1) is 11.6 Å². The number of rotatable bonds is 9. The van der Waals surface area contributed by atoms with Crippen LogP contribution in [0.3, 0.4) is 0 Å². The fraction of sp³-hybridized carbons (Fsp3) is 0.600. The van der Waals surface area contributed by atoms with E-state index < -0.39 is 0 Å². The lowest BCUT2D eigenvalue weighted by Gasteiger charge is -2.22. The lowest BCUT2D eigenvalue weighted by atomic mass is 10.3. The topological polar surface area (TPSA) is 66.4 Å². The number of guanidine groups is 1. The maximum Gasteiger partial charge on any atom is 0.243 e. The molecule has 1 heterocycles. The molecule has 0 spiro atoms. The van der Waals surface area contributed by atoms with E-state index in [-0.39, 0.29) is 42.5 Å². The highest BCUT2D eigenvalue weighted by Gasteiger charge is 2.27. The van der Waals surface area contributed by atoms with Gasteiger partial charge in [-0.2, -0.15) is 0 Å². The molecule has 1 unspecified atom stereocenters. The van der Waals surface area contributed by atoms with Crippen molar-refractivity contribution in [2.45, 2.75) is 25.9 Å². The fourth-order valence-corrected chi connectivity index (χ4v) is 2.99. The molecule has 1 aliphatic rings. The lowest BCUT2D eigenvalue weighted by molar-refractivity contribution is -0.127. The number of nitrogens with one attached hydrogen (secondary N) is 1. The molecular formula is C20H32ClIN4O3. The Labute approximate surface area is 195 Å². The normalized spacial score (nSPS) is 16.3. The summed E-state index contributed by atoms with van der Waals surface area (Å²) in [7, 11) is 3.47. The monoisotopic (exact) mass is 538 g/mol. The molecule has 2 rings (SSSR count). The molecule has 0 bridgehead atoms. The van der Waals surface area contributed by atoms with E-state index in [1.165, 1.54) is 0 Å². The van der Waals surface area contributed by atoms with Crippen molar-refractivity contribution < 1.29 is 14.3 Å². The second kappa shape index (κ2) is 13.9. The Morgan fingerprint density at radius 3 is 2.83 bits per heavy atom. The number of amides is 1. The van der Waals surface area contributed by atoms with Crippen LogP contribution in [0.25, 0.3) is 0 Å². The van der Waals surface area contributed by atoms with Gasteiger partial charge >= 0.3 is 0 Å². The third-order valence-corrected chi connectivity index (χ3v) is 4.70. The summed E-state index contributed by atoms with van der Waals surface area (Å²) in [5.74, 6) is 1.40. The summed E-state index contributed by atoms with van der Waals surface area (Å²) in [6, 6.07) is 7.49. The smallest absolute Gasteiger partial charge is 0.243 e. The molecule has 1 amide bonds. The van der Waals surface area contributed by atoms with Crippen molar-refractivity contribution in [3.05, 3.63) is 29.3 Å². The van der Waals surface area contributed by atoms with Crippen LogP contribution >= 0.6 is 35.6 Å². The van der Waals surface area contributed by atoms with Gasteiger partial charge in [0, 0.05) is 46.8 Å². The van der Waals surface area contributed by atoms with Crippen LogP contribution in [-0.4, -0.2) is 81.3 Å². The minimum absolute atomic E-state index is 0. The number of para-hydroxylation sites is 1. The van der Waals surface area contributed by atoms with Crippen LogP contribution < -0.4 is 10.1 Å². The molecule has 1 atom stereocenters. The first-order chi connectivity index (χ1) is 13.5. The first kappa shape index (κ1) is 25.8. The van der Waals surface area contributed by atoms with Crippen LogP contribution in [0.2, 0.25) is 5.02 Å². The largest absolute Gasteiger partial charge is 0.487 e. The number of aliphatic imine (C=N–C) groups is 1. The van der Waals surface area contributed by atoms with E-state index in [0.29, 0.717) is 30.5 Å². The van der Waals surface area contributed by atoms with Crippen molar-refractivity contribution in [2.24, 2.45) is 4.99 Å². The number of likely N-dealkylation sites (tertiary alicyclic amines) is 1. The molecular weight excluding hydrogens is 507 g/mol. The highest BCUT2D eigenvalue weighted by Crippen LogP contribution is 2.26. The van der Waals surface area contributed by atoms with E-state index in [1.54, 1.807) is 19.0 Å². The van der Waals surface area contributed by atoms with Crippen LogP contribution in [0, 0.1) is 0 Å². The molecule has 9 heteroatoms. The van der Waals surface area contributed by atoms with Crippen LogP contribution in [0.5, 0.6) is 5.75 Å². The van der Waals surface area contributed by atoms with Crippen LogP contribution in [0.4, 0.5) is 0 Å². The van der Waals surface area contributed by atoms with Gasteiger partial charge in [0.25, 0.3) is 0 Å². The van der Waals surface area contributed by atoms with E-state index in [9.17, 15) is 4.79 Å². The molecule has 1 saturated heterocycles. The predicted molar refractivity (Wildman–Crippen MR) is 128 cm³/mol. The Hall–Kier alpha value is -1.26. The number of hydrogen-bond acceptors (Lipinski definition) is 4. The van der Waals surface area contributed by atoms with E-state index in [1.807, 2.05) is 31.2 Å². The van der Waals surface area contributed by atoms with Gasteiger partial charge in [-0.3, -0.25) is 4.79 Å². The number of benzene rings is 1. The molecule has 1 N–H and O–H groups in total. The Bertz CT molecular complexity index is 660. The maximum absolute atomic E-state index is 11.9. The summed E-state index contributed by atoms with van der Waals surface area (Å²) < 4.78 is 11.4. The van der Waals surface area contributed by atoms with Gasteiger partial charge in [-0.05, 0) is 25.5 Å². The van der Waals surface area contributed by atoms with Crippen molar-refractivity contribution >= 4 is 47.4 Å². The average Bonchev–Trinajstić information content (AvgIpc) is 3.14. The zero-order valence-corrected chi connectivity index (χ0v) is 20.5. The molecule has 29 heavy (non-hydrogen) atoms. The molecule has 0 aromatic heterocycles. The van der Waals surface area contributed by atoms with Gasteiger partial charge in [0.2, 0.25) is 5.91 Å². The Morgan fingerprint density at radius 1 is 1.38 bits per heavy atom. The first-order valence-electron chi connectivity index (χ1n) is 9.73. The second-order valence-electron chi connectivity index (χ2n) is 6.81. The number of hydrogen-bond donors (Lipinski definition) is 1. The van der Waals surface area contributed by atoms with Crippen LogP contribution in [0.1, 0.15) is 19.8 Å². The number of ether oxygens (including phenoxy) is 2.